The summed E-state index contributed by atoms with van der Waals surface area (Å²) in [6.07, 6.45) is -0.631. The summed E-state index contributed by atoms with van der Waals surface area (Å²) < 4.78 is 7.21. The molecule has 4 aromatic rings. The summed E-state index contributed by atoms with van der Waals surface area (Å²) in [5.41, 5.74) is 3.52. The number of likely N-dealkylation sites (N-methyl/N-ethyl adjacent to an activating group) is 1. The molecule has 4 atom stereocenters. The molecule has 0 spiro atoms. The minimum absolute atomic E-state index is 0.321. The maximum absolute atomic E-state index is 12.1. The minimum Gasteiger partial charge on any atom is -0.387 e. The Balaban J connectivity index is 1.58. The van der Waals surface area contributed by atoms with Gasteiger partial charge in [-0.3, -0.25) is 14.3 Å². The second kappa shape index (κ2) is 9.78. The Labute approximate surface area is 211 Å². The van der Waals surface area contributed by atoms with E-state index in [0.29, 0.717) is 39.9 Å². The summed E-state index contributed by atoms with van der Waals surface area (Å²) in [4.78, 5) is 30.0. The van der Waals surface area contributed by atoms with Crippen LogP contribution in [0, 0.1) is 6.92 Å². The van der Waals surface area contributed by atoms with E-state index in [2.05, 4.69) is 36.6 Å². The highest BCUT2D eigenvalue weighted by Crippen LogP contribution is 2.34. The third-order valence-electron chi connectivity index (χ3n) is 5.94. The van der Waals surface area contributed by atoms with E-state index in [9.17, 15) is 15.0 Å². The first kappa shape index (κ1) is 24.1. The fraction of sp³-hybridized carbons (Fsp3) is 0.292. The van der Waals surface area contributed by atoms with Gasteiger partial charge < -0.3 is 25.6 Å². The molecule has 3 aromatic heterocycles. The Bertz CT molecular complexity index is 1430. The summed E-state index contributed by atoms with van der Waals surface area (Å²) >= 11 is 6.15. The number of ether oxygens (including phenoxy) is 1. The number of hydrogen-bond acceptors (Lipinski definition) is 9. The van der Waals surface area contributed by atoms with Crippen molar-refractivity contribution in [3.63, 3.8) is 0 Å². The SMILES string of the molecule is CNC(=O)C1OC(n2cnc3c(NCc4cccc(C)c4)nc(-c4cncc(Cl)c4)nc32)C(O)C1O. The van der Waals surface area contributed by atoms with Crippen LogP contribution in [0.25, 0.3) is 22.6 Å². The number of carbonyl (C=O) groups is 1. The van der Waals surface area contributed by atoms with Crippen molar-refractivity contribution in [2.24, 2.45) is 0 Å². The Kier molecular flexibility index (Phi) is 6.54. The van der Waals surface area contributed by atoms with Crippen molar-refractivity contribution >= 4 is 34.5 Å². The number of hydrogen-bond donors (Lipinski definition) is 4. The number of halogens is 1. The molecule has 11 nitrogen and oxygen atoms in total. The van der Waals surface area contributed by atoms with Gasteiger partial charge in [0.05, 0.1) is 11.3 Å². The van der Waals surface area contributed by atoms with Crippen molar-refractivity contribution in [3.05, 3.63) is 65.2 Å². The summed E-state index contributed by atoms with van der Waals surface area (Å²) in [7, 11) is 1.43. The zero-order valence-corrected chi connectivity index (χ0v) is 20.2. The maximum Gasteiger partial charge on any atom is 0.251 e. The van der Waals surface area contributed by atoms with E-state index in [0.717, 1.165) is 11.1 Å². The van der Waals surface area contributed by atoms with E-state index in [1.54, 1.807) is 12.3 Å². The van der Waals surface area contributed by atoms with E-state index < -0.39 is 30.4 Å². The number of aliphatic hydroxyl groups excluding tert-OH is 2. The van der Waals surface area contributed by atoms with Gasteiger partial charge in [-0.1, -0.05) is 41.4 Å². The number of pyridine rings is 1. The normalized spacial score (nSPS) is 21.6. The van der Waals surface area contributed by atoms with Crippen LogP contribution >= 0.6 is 11.6 Å². The predicted molar refractivity (Wildman–Crippen MR) is 132 cm³/mol. The molecule has 4 heterocycles. The second-order valence-corrected chi connectivity index (χ2v) is 8.93. The lowest BCUT2D eigenvalue weighted by Crippen LogP contribution is -2.41. The van der Waals surface area contributed by atoms with Gasteiger partial charge in [-0.25, -0.2) is 15.0 Å². The highest BCUT2D eigenvalue weighted by molar-refractivity contribution is 6.30. The van der Waals surface area contributed by atoms with Crippen LogP contribution in [0.1, 0.15) is 17.4 Å². The molecule has 1 aliphatic heterocycles. The first-order valence-electron chi connectivity index (χ1n) is 11.2. The third-order valence-corrected chi connectivity index (χ3v) is 6.15. The number of nitrogens with zero attached hydrogens (tertiary/aromatic N) is 5. The van der Waals surface area contributed by atoms with Gasteiger partial charge in [0.1, 0.15) is 12.2 Å². The maximum atomic E-state index is 12.1. The van der Waals surface area contributed by atoms with E-state index in [1.165, 1.54) is 24.1 Å². The number of aryl methyl sites for hydroxylation is 1. The topological polar surface area (TPSA) is 147 Å². The van der Waals surface area contributed by atoms with Gasteiger partial charge in [-0.2, -0.15) is 0 Å². The minimum atomic E-state index is -1.43. The van der Waals surface area contributed by atoms with Gasteiger partial charge in [-0.05, 0) is 18.6 Å². The van der Waals surface area contributed by atoms with Crippen molar-refractivity contribution < 1.29 is 19.7 Å². The largest absolute Gasteiger partial charge is 0.387 e. The molecule has 4 unspecified atom stereocenters. The zero-order valence-electron chi connectivity index (χ0n) is 19.5. The zero-order chi connectivity index (χ0) is 25.4. The highest BCUT2D eigenvalue weighted by Gasteiger charge is 2.47. The van der Waals surface area contributed by atoms with E-state index in [4.69, 9.17) is 16.3 Å². The molecule has 186 valence electrons. The standard InChI is InChI=1S/C24H24ClN7O4/c1-12-4-3-5-13(6-12)8-28-21-16-22(31-20(30-21)14-7-15(25)10-27-9-14)32(11-29-16)24-18(34)17(33)19(36-24)23(35)26-2/h3-7,9-11,17-19,24,33-34H,8H2,1-2H3,(H,26,35)(H,28,30,31). The number of anilines is 1. The molecule has 1 amide bonds. The number of aliphatic hydroxyl groups is 2. The molecule has 4 N–H and O–H groups in total. The summed E-state index contributed by atoms with van der Waals surface area (Å²) in [6.45, 7) is 2.50. The van der Waals surface area contributed by atoms with E-state index in [1.807, 2.05) is 25.1 Å². The van der Waals surface area contributed by atoms with Crippen LogP contribution in [0.2, 0.25) is 5.02 Å². The predicted octanol–water partition coefficient (Wildman–Crippen LogP) is 1.83. The quantitative estimate of drug-likeness (QED) is 0.305. The third kappa shape index (κ3) is 4.49. The molecule has 0 aliphatic carbocycles. The molecule has 36 heavy (non-hydrogen) atoms. The summed E-state index contributed by atoms with van der Waals surface area (Å²) in [5.74, 6) is 0.224. The molecule has 1 fully saturated rings. The van der Waals surface area contributed by atoms with Crippen molar-refractivity contribution in [2.45, 2.75) is 38.0 Å². The van der Waals surface area contributed by atoms with Gasteiger partial charge in [0, 0.05) is 31.5 Å². The Morgan fingerprint density at radius 2 is 2.03 bits per heavy atom. The first-order valence-corrected chi connectivity index (χ1v) is 11.6. The number of benzene rings is 1. The number of imidazole rings is 1. The Hall–Kier alpha value is -3.64. The van der Waals surface area contributed by atoms with E-state index in [-0.39, 0.29) is 0 Å². The lowest BCUT2D eigenvalue weighted by Gasteiger charge is -2.17. The molecule has 0 bridgehead atoms. The number of fused-ring (bicyclic) bond motifs is 1. The van der Waals surface area contributed by atoms with Crippen LogP contribution in [0.3, 0.4) is 0 Å². The molecule has 1 aliphatic rings. The lowest BCUT2D eigenvalue weighted by molar-refractivity contribution is -0.137. The fourth-order valence-corrected chi connectivity index (χ4v) is 4.32. The van der Waals surface area contributed by atoms with Gasteiger partial charge in [-0.15, -0.1) is 0 Å². The molecule has 1 saturated heterocycles. The van der Waals surface area contributed by atoms with Gasteiger partial charge in [0.15, 0.2) is 35.1 Å². The van der Waals surface area contributed by atoms with Crippen LogP contribution in [-0.4, -0.2) is 66.0 Å². The van der Waals surface area contributed by atoms with Crippen LogP contribution in [0.15, 0.2) is 49.1 Å². The average molecular weight is 510 g/mol. The lowest BCUT2D eigenvalue weighted by atomic mass is 10.1. The number of carbonyl (C=O) groups excluding carboxylic acids is 1. The molecular formula is C24H24ClN7O4. The Morgan fingerprint density at radius 1 is 1.19 bits per heavy atom. The number of nitrogens with one attached hydrogen (secondary N) is 2. The molecule has 12 heteroatoms. The van der Waals surface area contributed by atoms with Crippen molar-refractivity contribution in [1.29, 1.82) is 0 Å². The number of aromatic nitrogens is 5. The van der Waals surface area contributed by atoms with Crippen molar-refractivity contribution in [3.8, 4) is 11.4 Å². The molecule has 5 rings (SSSR count). The average Bonchev–Trinajstić information content (AvgIpc) is 3.43. The second-order valence-electron chi connectivity index (χ2n) is 8.50. The monoisotopic (exact) mass is 509 g/mol. The van der Waals surface area contributed by atoms with Gasteiger partial charge >= 0.3 is 0 Å². The van der Waals surface area contributed by atoms with E-state index >= 15 is 0 Å². The number of amides is 1. The molecule has 0 radical (unpaired) electrons. The summed E-state index contributed by atoms with van der Waals surface area (Å²) in [5, 5.41) is 27.3. The highest BCUT2D eigenvalue weighted by atomic mass is 35.5. The molecular weight excluding hydrogens is 486 g/mol. The van der Waals surface area contributed by atoms with Crippen molar-refractivity contribution in [2.75, 3.05) is 12.4 Å². The number of rotatable bonds is 6. The smallest absolute Gasteiger partial charge is 0.251 e. The fourth-order valence-electron chi connectivity index (χ4n) is 4.15. The summed E-state index contributed by atoms with van der Waals surface area (Å²) in [6, 6.07) is 9.75. The van der Waals surface area contributed by atoms with Crippen LogP contribution < -0.4 is 10.6 Å². The Morgan fingerprint density at radius 3 is 2.78 bits per heavy atom. The van der Waals surface area contributed by atoms with Gasteiger partial charge in [0.25, 0.3) is 5.91 Å². The van der Waals surface area contributed by atoms with Gasteiger partial charge in [0.2, 0.25) is 0 Å². The van der Waals surface area contributed by atoms with Crippen LogP contribution in [0.4, 0.5) is 5.82 Å². The van der Waals surface area contributed by atoms with Crippen LogP contribution in [0.5, 0.6) is 0 Å². The molecule has 0 saturated carbocycles. The molecule has 1 aromatic carbocycles. The van der Waals surface area contributed by atoms with Crippen molar-refractivity contribution in [1.82, 2.24) is 29.8 Å². The first-order chi connectivity index (χ1) is 17.4. The van der Waals surface area contributed by atoms with Crippen LogP contribution in [-0.2, 0) is 16.1 Å².